The third-order valence-electron chi connectivity index (χ3n) is 3.14. The fourth-order valence-electron chi connectivity index (χ4n) is 2.08. The lowest BCUT2D eigenvalue weighted by Crippen LogP contribution is -2.20. The molecule has 110 valence electrons. The average molecular weight is 307 g/mol. The Morgan fingerprint density at radius 2 is 2.05 bits per heavy atom. The van der Waals surface area contributed by atoms with Crippen molar-refractivity contribution in [2.75, 3.05) is 7.11 Å². The largest absolute Gasteiger partial charge is 0.496 e. The second-order valence-corrected chi connectivity index (χ2v) is 4.97. The van der Waals surface area contributed by atoms with Crippen molar-refractivity contribution in [3.63, 3.8) is 0 Å². The molecule has 0 spiro atoms. The first-order valence-corrected chi connectivity index (χ1v) is 6.79. The lowest BCUT2D eigenvalue weighted by Gasteiger charge is -2.14. The number of carboxylic acids is 1. The van der Waals surface area contributed by atoms with E-state index >= 15 is 0 Å². The van der Waals surface area contributed by atoms with Crippen molar-refractivity contribution >= 4 is 17.6 Å². The molecule has 1 unspecified atom stereocenters. The van der Waals surface area contributed by atoms with E-state index in [1.807, 2.05) is 24.3 Å². The Kier molecular flexibility index (Phi) is 5.11. The number of aliphatic carboxylic acids is 1. The van der Waals surface area contributed by atoms with Gasteiger partial charge in [-0.2, -0.15) is 0 Å². The molecule has 1 atom stereocenters. The smallest absolute Gasteiger partial charge is 0.307 e. The van der Waals surface area contributed by atoms with Crippen molar-refractivity contribution in [3.05, 3.63) is 53.1 Å². The zero-order valence-electron chi connectivity index (χ0n) is 11.5. The van der Waals surface area contributed by atoms with Gasteiger partial charge in [0.25, 0.3) is 0 Å². The molecule has 0 radical (unpaired) electrons. The first-order chi connectivity index (χ1) is 10.1. The van der Waals surface area contributed by atoms with Gasteiger partial charge in [-0.1, -0.05) is 29.8 Å². The maximum atomic E-state index is 11.5. The minimum absolute atomic E-state index is 0.287. The van der Waals surface area contributed by atoms with E-state index in [1.54, 1.807) is 7.11 Å². The summed E-state index contributed by atoms with van der Waals surface area (Å²) in [6, 6.07) is 7.39. The number of methoxy groups -OCH3 is 1. The van der Waals surface area contributed by atoms with Gasteiger partial charge in [0.05, 0.1) is 31.1 Å². The fourth-order valence-corrected chi connectivity index (χ4v) is 2.18. The number of ether oxygens (including phenoxy) is 1. The SMILES string of the molecule is COc1ccccc1CC(Cc1cnc(Cl)cn1)C(=O)O. The molecule has 0 aliphatic carbocycles. The Morgan fingerprint density at radius 3 is 2.67 bits per heavy atom. The molecular weight excluding hydrogens is 292 g/mol. The number of nitrogens with zero attached hydrogens (tertiary/aromatic N) is 2. The van der Waals surface area contributed by atoms with Gasteiger partial charge in [-0.15, -0.1) is 0 Å². The number of carboxylic acid groups (broad SMARTS) is 1. The van der Waals surface area contributed by atoms with E-state index in [-0.39, 0.29) is 11.6 Å². The summed E-state index contributed by atoms with van der Waals surface area (Å²) in [5.41, 5.74) is 1.45. The van der Waals surface area contributed by atoms with Gasteiger partial charge in [-0.3, -0.25) is 9.78 Å². The van der Waals surface area contributed by atoms with Gasteiger partial charge in [-0.05, 0) is 18.1 Å². The van der Waals surface area contributed by atoms with Crippen LogP contribution in [0.1, 0.15) is 11.3 Å². The molecular formula is C15H15ClN2O3. The molecule has 0 fully saturated rings. The Balaban J connectivity index is 2.16. The van der Waals surface area contributed by atoms with Crippen LogP contribution in [0.25, 0.3) is 0 Å². The molecule has 1 N–H and O–H groups in total. The van der Waals surface area contributed by atoms with E-state index in [9.17, 15) is 9.90 Å². The zero-order chi connectivity index (χ0) is 15.2. The molecule has 21 heavy (non-hydrogen) atoms. The molecule has 0 aliphatic heterocycles. The summed E-state index contributed by atoms with van der Waals surface area (Å²) in [5, 5.41) is 9.69. The Bertz CT molecular complexity index is 617. The molecule has 0 saturated carbocycles. The maximum Gasteiger partial charge on any atom is 0.307 e. The number of aromatic nitrogens is 2. The van der Waals surface area contributed by atoms with E-state index in [4.69, 9.17) is 16.3 Å². The molecule has 2 rings (SSSR count). The highest BCUT2D eigenvalue weighted by Crippen LogP contribution is 2.22. The van der Waals surface area contributed by atoms with Gasteiger partial charge in [-0.25, -0.2) is 4.98 Å². The van der Waals surface area contributed by atoms with Crippen LogP contribution in [-0.2, 0) is 17.6 Å². The van der Waals surface area contributed by atoms with Gasteiger partial charge >= 0.3 is 5.97 Å². The number of benzene rings is 1. The summed E-state index contributed by atoms with van der Waals surface area (Å²) in [6.45, 7) is 0. The fraction of sp³-hybridized carbons (Fsp3) is 0.267. The summed E-state index contributed by atoms with van der Waals surface area (Å²) in [6.07, 6.45) is 3.57. The highest BCUT2D eigenvalue weighted by molar-refractivity contribution is 6.29. The first kappa shape index (κ1) is 15.3. The van der Waals surface area contributed by atoms with Crippen molar-refractivity contribution in [3.8, 4) is 5.75 Å². The van der Waals surface area contributed by atoms with Gasteiger partial charge in [0.1, 0.15) is 10.9 Å². The highest BCUT2D eigenvalue weighted by atomic mass is 35.5. The van der Waals surface area contributed by atoms with Crippen LogP contribution in [0.15, 0.2) is 36.7 Å². The lowest BCUT2D eigenvalue weighted by atomic mass is 9.94. The van der Waals surface area contributed by atoms with Gasteiger partial charge in [0, 0.05) is 6.42 Å². The Hall–Kier alpha value is -2.14. The van der Waals surface area contributed by atoms with Crippen LogP contribution in [0.2, 0.25) is 5.15 Å². The third-order valence-corrected chi connectivity index (χ3v) is 3.33. The number of hydrogen-bond acceptors (Lipinski definition) is 4. The van der Waals surface area contributed by atoms with E-state index in [1.165, 1.54) is 12.4 Å². The number of carbonyl (C=O) groups is 1. The monoisotopic (exact) mass is 306 g/mol. The predicted octanol–water partition coefficient (Wildman–Crippen LogP) is 2.62. The van der Waals surface area contributed by atoms with E-state index in [0.717, 1.165) is 5.56 Å². The molecule has 5 nitrogen and oxygen atoms in total. The van der Waals surface area contributed by atoms with E-state index < -0.39 is 11.9 Å². The molecule has 0 bridgehead atoms. The highest BCUT2D eigenvalue weighted by Gasteiger charge is 2.21. The maximum absolute atomic E-state index is 11.5. The molecule has 1 heterocycles. The normalized spacial score (nSPS) is 11.9. The first-order valence-electron chi connectivity index (χ1n) is 6.41. The van der Waals surface area contributed by atoms with Crippen LogP contribution in [0.3, 0.4) is 0 Å². The Morgan fingerprint density at radius 1 is 1.29 bits per heavy atom. The zero-order valence-corrected chi connectivity index (χ0v) is 12.2. The molecule has 2 aromatic rings. The average Bonchev–Trinajstić information content (AvgIpc) is 2.49. The van der Waals surface area contributed by atoms with Crippen LogP contribution in [0, 0.1) is 5.92 Å². The predicted molar refractivity (Wildman–Crippen MR) is 78.6 cm³/mol. The quantitative estimate of drug-likeness (QED) is 0.888. The summed E-state index contributed by atoms with van der Waals surface area (Å²) >= 11 is 5.67. The molecule has 1 aromatic heterocycles. The van der Waals surface area contributed by atoms with Crippen LogP contribution >= 0.6 is 11.6 Å². The Labute approximate surface area is 127 Å². The number of para-hydroxylation sites is 1. The molecule has 0 aliphatic rings. The molecule has 6 heteroatoms. The van der Waals surface area contributed by atoms with Gasteiger partial charge in [0.15, 0.2) is 0 Å². The van der Waals surface area contributed by atoms with Crippen LogP contribution in [0.4, 0.5) is 0 Å². The van der Waals surface area contributed by atoms with Crippen molar-refractivity contribution in [2.24, 2.45) is 5.92 Å². The number of hydrogen-bond donors (Lipinski definition) is 1. The van der Waals surface area contributed by atoms with Crippen LogP contribution in [-0.4, -0.2) is 28.2 Å². The third kappa shape index (κ3) is 4.16. The lowest BCUT2D eigenvalue weighted by molar-refractivity contribution is -0.141. The second kappa shape index (κ2) is 7.04. The molecule has 0 saturated heterocycles. The summed E-state index contributed by atoms with van der Waals surface area (Å²) in [4.78, 5) is 19.5. The van der Waals surface area contributed by atoms with Crippen molar-refractivity contribution < 1.29 is 14.6 Å². The van der Waals surface area contributed by atoms with Crippen molar-refractivity contribution in [1.29, 1.82) is 0 Å². The molecule has 0 amide bonds. The summed E-state index contributed by atoms with van der Waals surface area (Å²) in [5.74, 6) is -0.791. The van der Waals surface area contributed by atoms with Crippen LogP contribution < -0.4 is 4.74 Å². The van der Waals surface area contributed by atoms with Crippen molar-refractivity contribution in [1.82, 2.24) is 9.97 Å². The van der Waals surface area contributed by atoms with Crippen molar-refractivity contribution in [2.45, 2.75) is 12.8 Å². The topological polar surface area (TPSA) is 72.3 Å². The molecule has 1 aromatic carbocycles. The summed E-state index contributed by atoms with van der Waals surface area (Å²) in [7, 11) is 1.57. The minimum atomic E-state index is -0.877. The minimum Gasteiger partial charge on any atom is -0.496 e. The van der Waals surface area contributed by atoms with E-state index in [2.05, 4.69) is 9.97 Å². The van der Waals surface area contributed by atoms with Gasteiger partial charge < -0.3 is 9.84 Å². The number of halogens is 1. The second-order valence-electron chi connectivity index (χ2n) is 4.59. The summed E-state index contributed by atoms with van der Waals surface area (Å²) < 4.78 is 5.25. The number of rotatable bonds is 6. The van der Waals surface area contributed by atoms with E-state index in [0.29, 0.717) is 17.9 Å². The van der Waals surface area contributed by atoms with Gasteiger partial charge in [0.2, 0.25) is 0 Å². The standard InChI is InChI=1S/C15H15ClN2O3/c1-21-13-5-3-2-4-10(13)6-11(15(19)20)7-12-8-18-14(16)9-17-12/h2-5,8-9,11H,6-7H2,1H3,(H,19,20). The van der Waals surface area contributed by atoms with Crippen LogP contribution in [0.5, 0.6) is 5.75 Å².